The molecule has 0 aromatic carbocycles. The van der Waals surface area contributed by atoms with E-state index in [2.05, 4.69) is 10.3 Å². The average molecular weight is 320 g/mol. The van der Waals surface area contributed by atoms with Crippen molar-refractivity contribution in [2.45, 2.75) is 57.7 Å². The van der Waals surface area contributed by atoms with Gasteiger partial charge in [-0.3, -0.25) is 0 Å². The Balaban J connectivity index is 1.42. The Labute approximate surface area is 138 Å². The highest BCUT2D eigenvalue weighted by Crippen LogP contribution is 2.57. The number of rotatable bonds is 7. The van der Waals surface area contributed by atoms with E-state index in [0.717, 1.165) is 32.5 Å². The van der Waals surface area contributed by atoms with Gasteiger partial charge in [0.25, 0.3) is 0 Å². The molecule has 128 valence electrons. The van der Waals surface area contributed by atoms with Gasteiger partial charge in [-0.25, -0.2) is 9.78 Å². The molecule has 1 spiro atoms. The molecule has 1 N–H and O–H groups in total. The molecule has 0 saturated heterocycles. The molecule has 2 atom stereocenters. The third-order valence-electron chi connectivity index (χ3n) is 5.55. The summed E-state index contributed by atoms with van der Waals surface area (Å²) in [4.78, 5) is 18.2. The predicted molar refractivity (Wildman–Crippen MR) is 88.1 cm³/mol. The molecular formula is C17H28N4O2. The molecule has 2 aliphatic carbocycles. The van der Waals surface area contributed by atoms with Gasteiger partial charge in [0.15, 0.2) is 0 Å². The Bertz CT molecular complexity index is 513. The van der Waals surface area contributed by atoms with E-state index in [1.165, 1.54) is 19.3 Å². The zero-order valence-corrected chi connectivity index (χ0v) is 14.2. The lowest BCUT2D eigenvalue weighted by Crippen LogP contribution is -2.68. The molecule has 1 aromatic rings. The number of urea groups is 1. The number of nitrogens with one attached hydrogen (secondary N) is 1. The Morgan fingerprint density at radius 2 is 2.35 bits per heavy atom. The molecule has 6 nitrogen and oxygen atoms in total. The van der Waals surface area contributed by atoms with Crippen molar-refractivity contribution in [1.29, 1.82) is 0 Å². The topological polar surface area (TPSA) is 59.4 Å². The van der Waals surface area contributed by atoms with Crippen molar-refractivity contribution in [3.8, 4) is 0 Å². The van der Waals surface area contributed by atoms with E-state index in [0.29, 0.717) is 6.10 Å². The lowest BCUT2D eigenvalue weighted by Gasteiger charge is -2.61. The highest BCUT2D eigenvalue weighted by Gasteiger charge is 2.59. The first kappa shape index (κ1) is 16.3. The van der Waals surface area contributed by atoms with Crippen LogP contribution in [0.15, 0.2) is 18.7 Å². The van der Waals surface area contributed by atoms with E-state index in [1.807, 2.05) is 31.1 Å². The van der Waals surface area contributed by atoms with E-state index in [1.54, 1.807) is 11.1 Å². The summed E-state index contributed by atoms with van der Waals surface area (Å²) in [6.07, 6.45) is 11.4. The van der Waals surface area contributed by atoms with Gasteiger partial charge in [-0.2, -0.15) is 0 Å². The van der Waals surface area contributed by atoms with Crippen LogP contribution in [-0.2, 0) is 11.3 Å². The third kappa shape index (κ3) is 3.22. The summed E-state index contributed by atoms with van der Waals surface area (Å²) in [7, 11) is 1.87. The smallest absolute Gasteiger partial charge is 0.317 e. The molecule has 1 aromatic heterocycles. The number of ether oxygens (including phenoxy) is 1. The molecule has 6 heteroatoms. The minimum Gasteiger partial charge on any atom is -0.378 e. The molecule has 23 heavy (non-hydrogen) atoms. The fraction of sp³-hybridized carbons (Fsp3) is 0.765. The molecule has 2 fully saturated rings. The van der Waals surface area contributed by atoms with Crippen LogP contribution in [0.1, 0.15) is 39.0 Å². The van der Waals surface area contributed by atoms with Gasteiger partial charge in [-0.1, -0.05) is 6.42 Å². The molecule has 2 saturated carbocycles. The van der Waals surface area contributed by atoms with E-state index < -0.39 is 0 Å². The Hall–Kier alpha value is -1.56. The Kier molecular flexibility index (Phi) is 4.90. The maximum absolute atomic E-state index is 12.4. The van der Waals surface area contributed by atoms with Crippen molar-refractivity contribution in [3.05, 3.63) is 18.7 Å². The van der Waals surface area contributed by atoms with Gasteiger partial charge in [0.1, 0.15) is 0 Å². The number of aryl methyl sites for hydroxylation is 1. The normalized spacial score (nSPS) is 24.8. The predicted octanol–water partition coefficient (Wildman–Crippen LogP) is 2.26. The van der Waals surface area contributed by atoms with Crippen LogP contribution in [0.3, 0.4) is 0 Å². The van der Waals surface area contributed by atoms with Gasteiger partial charge in [0, 0.05) is 50.6 Å². The summed E-state index contributed by atoms with van der Waals surface area (Å²) >= 11 is 0. The van der Waals surface area contributed by atoms with E-state index in [9.17, 15) is 4.79 Å². The molecule has 0 unspecified atom stereocenters. The van der Waals surface area contributed by atoms with Crippen LogP contribution in [0.25, 0.3) is 0 Å². The Morgan fingerprint density at radius 3 is 2.96 bits per heavy atom. The third-order valence-corrected chi connectivity index (χ3v) is 5.55. The second-order valence-corrected chi connectivity index (χ2v) is 6.84. The first-order valence-electron chi connectivity index (χ1n) is 8.74. The molecule has 3 rings (SSSR count). The highest BCUT2D eigenvalue weighted by atomic mass is 16.5. The lowest BCUT2D eigenvalue weighted by atomic mass is 9.51. The largest absolute Gasteiger partial charge is 0.378 e. The van der Waals surface area contributed by atoms with Crippen LogP contribution < -0.4 is 5.32 Å². The number of nitrogens with zero attached hydrogens (tertiary/aromatic N) is 3. The second kappa shape index (κ2) is 6.91. The van der Waals surface area contributed by atoms with Crippen LogP contribution in [-0.4, -0.2) is 52.8 Å². The quantitative estimate of drug-likeness (QED) is 0.838. The van der Waals surface area contributed by atoms with Crippen LogP contribution in [0.5, 0.6) is 0 Å². The van der Waals surface area contributed by atoms with Crippen molar-refractivity contribution in [2.75, 3.05) is 20.2 Å². The second-order valence-electron chi connectivity index (χ2n) is 6.84. The van der Waals surface area contributed by atoms with Crippen molar-refractivity contribution in [3.63, 3.8) is 0 Å². The van der Waals surface area contributed by atoms with Crippen molar-refractivity contribution >= 4 is 6.03 Å². The molecule has 0 bridgehead atoms. The van der Waals surface area contributed by atoms with Gasteiger partial charge in [-0.05, 0) is 32.6 Å². The number of hydrogen-bond acceptors (Lipinski definition) is 3. The fourth-order valence-electron chi connectivity index (χ4n) is 3.91. The van der Waals surface area contributed by atoms with E-state index in [4.69, 9.17) is 4.74 Å². The summed E-state index contributed by atoms with van der Waals surface area (Å²) < 4.78 is 7.88. The van der Waals surface area contributed by atoms with Crippen LogP contribution in [0.2, 0.25) is 0 Å². The fourth-order valence-corrected chi connectivity index (χ4v) is 3.91. The summed E-state index contributed by atoms with van der Waals surface area (Å²) in [5, 5.41) is 3.23. The molecule has 0 aliphatic heterocycles. The van der Waals surface area contributed by atoms with E-state index >= 15 is 0 Å². The first-order valence-corrected chi connectivity index (χ1v) is 8.74. The zero-order valence-electron chi connectivity index (χ0n) is 14.2. The first-order chi connectivity index (χ1) is 11.2. The number of carbonyl (C=O) groups is 1. The SMILES string of the molecule is CCO[C@@H]1C[C@@H](NC(=O)N(C)CCCn2ccnc2)C12CCC2. The lowest BCUT2D eigenvalue weighted by molar-refractivity contribution is -0.169. The molecule has 2 aliphatic rings. The number of amides is 2. The van der Waals surface area contributed by atoms with E-state index in [-0.39, 0.29) is 17.5 Å². The van der Waals surface area contributed by atoms with Crippen LogP contribution in [0.4, 0.5) is 4.79 Å². The summed E-state index contributed by atoms with van der Waals surface area (Å²) in [5.74, 6) is 0. The number of aromatic nitrogens is 2. The molecule has 2 amide bonds. The van der Waals surface area contributed by atoms with Gasteiger partial charge in [0.2, 0.25) is 0 Å². The van der Waals surface area contributed by atoms with Crippen LogP contribution in [0, 0.1) is 5.41 Å². The maximum atomic E-state index is 12.4. The summed E-state index contributed by atoms with van der Waals surface area (Å²) in [6.45, 7) is 4.45. The van der Waals surface area contributed by atoms with Crippen molar-refractivity contribution in [1.82, 2.24) is 19.8 Å². The minimum atomic E-state index is 0.0434. The summed E-state index contributed by atoms with van der Waals surface area (Å²) in [5.41, 5.74) is 0.226. The number of imidazole rings is 1. The summed E-state index contributed by atoms with van der Waals surface area (Å²) in [6, 6.07) is 0.332. The van der Waals surface area contributed by atoms with Gasteiger partial charge >= 0.3 is 6.03 Å². The standard InChI is InChI=1S/C17H28N4O2/c1-3-23-15-12-14(17(15)6-4-7-17)19-16(22)20(2)9-5-10-21-11-8-18-13-21/h8,11,13-15H,3-7,9-10,12H2,1-2H3,(H,19,22)/t14-,15-/m1/s1. The highest BCUT2D eigenvalue weighted by molar-refractivity contribution is 5.74. The number of carbonyl (C=O) groups excluding carboxylic acids is 1. The average Bonchev–Trinajstić information content (AvgIpc) is 2.97. The van der Waals surface area contributed by atoms with Gasteiger partial charge in [0.05, 0.1) is 12.4 Å². The molecule has 1 heterocycles. The maximum Gasteiger partial charge on any atom is 0.317 e. The van der Waals surface area contributed by atoms with Crippen LogP contribution >= 0.6 is 0 Å². The van der Waals surface area contributed by atoms with Crippen molar-refractivity contribution in [2.24, 2.45) is 5.41 Å². The van der Waals surface area contributed by atoms with Crippen molar-refractivity contribution < 1.29 is 9.53 Å². The van der Waals surface area contributed by atoms with Gasteiger partial charge in [-0.15, -0.1) is 0 Å². The molecular weight excluding hydrogens is 292 g/mol. The molecule has 0 radical (unpaired) electrons. The minimum absolute atomic E-state index is 0.0434. The Morgan fingerprint density at radius 1 is 1.52 bits per heavy atom. The zero-order chi connectivity index (χ0) is 16.3. The number of hydrogen-bond donors (Lipinski definition) is 1. The van der Waals surface area contributed by atoms with Gasteiger partial charge < -0.3 is 19.5 Å². The monoisotopic (exact) mass is 320 g/mol.